The SMILES string of the molecule is CCN(CC(=O)Nc1ccccc1OC)C(=O)Cc1c(C)noc1C. The lowest BCUT2D eigenvalue weighted by Crippen LogP contribution is -2.38. The molecule has 1 aromatic heterocycles. The van der Waals surface area contributed by atoms with E-state index in [1.54, 1.807) is 32.0 Å². The molecule has 7 nitrogen and oxygen atoms in total. The minimum absolute atomic E-state index is 0.0310. The number of hydrogen-bond donors (Lipinski definition) is 1. The Kier molecular flexibility index (Phi) is 6.16. The van der Waals surface area contributed by atoms with Crippen molar-refractivity contribution < 1.29 is 18.8 Å². The topological polar surface area (TPSA) is 84.7 Å². The summed E-state index contributed by atoms with van der Waals surface area (Å²) >= 11 is 0. The summed E-state index contributed by atoms with van der Waals surface area (Å²) in [6.45, 7) is 5.80. The maximum Gasteiger partial charge on any atom is 0.244 e. The number of benzene rings is 1. The Morgan fingerprint density at radius 2 is 2.00 bits per heavy atom. The van der Waals surface area contributed by atoms with Crippen LogP contribution in [0.1, 0.15) is 23.9 Å². The lowest BCUT2D eigenvalue weighted by molar-refractivity contribution is -0.133. The van der Waals surface area contributed by atoms with Gasteiger partial charge in [0.15, 0.2) is 0 Å². The van der Waals surface area contributed by atoms with Gasteiger partial charge in [-0.1, -0.05) is 17.3 Å². The number of anilines is 1. The predicted molar refractivity (Wildman–Crippen MR) is 93.6 cm³/mol. The molecule has 0 bridgehead atoms. The molecule has 0 radical (unpaired) electrons. The number of methoxy groups -OCH3 is 1. The molecule has 1 aromatic carbocycles. The molecule has 2 amide bonds. The normalized spacial score (nSPS) is 10.4. The third-order valence-corrected chi connectivity index (χ3v) is 3.96. The fourth-order valence-corrected chi connectivity index (χ4v) is 2.50. The molecule has 0 unspecified atom stereocenters. The number of aryl methyl sites for hydroxylation is 2. The van der Waals surface area contributed by atoms with Gasteiger partial charge in [0.05, 0.1) is 31.5 Å². The highest BCUT2D eigenvalue weighted by atomic mass is 16.5. The van der Waals surface area contributed by atoms with E-state index in [-0.39, 0.29) is 24.8 Å². The lowest BCUT2D eigenvalue weighted by Gasteiger charge is -2.20. The molecule has 1 N–H and O–H groups in total. The number of amides is 2. The molecule has 0 aliphatic heterocycles. The number of rotatable bonds is 7. The molecule has 0 fully saturated rings. The molecular weight excluding hydrogens is 322 g/mol. The van der Waals surface area contributed by atoms with E-state index in [9.17, 15) is 9.59 Å². The maximum absolute atomic E-state index is 12.5. The molecule has 0 aliphatic rings. The summed E-state index contributed by atoms with van der Waals surface area (Å²) in [6, 6.07) is 7.13. The van der Waals surface area contributed by atoms with Gasteiger partial charge in [-0.3, -0.25) is 9.59 Å². The number of nitrogens with zero attached hydrogens (tertiary/aromatic N) is 2. The number of aromatic nitrogens is 1. The second-order valence-electron chi connectivity index (χ2n) is 5.64. The van der Waals surface area contributed by atoms with Crippen molar-refractivity contribution >= 4 is 17.5 Å². The van der Waals surface area contributed by atoms with Crippen molar-refractivity contribution in [2.24, 2.45) is 0 Å². The first-order valence-corrected chi connectivity index (χ1v) is 8.08. The number of nitrogens with one attached hydrogen (secondary N) is 1. The van der Waals surface area contributed by atoms with Gasteiger partial charge in [0.25, 0.3) is 0 Å². The third kappa shape index (κ3) is 4.59. The molecule has 2 rings (SSSR count). The van der Waals surface area contributed by atoms with E-state index in [1.165, 1.54) is 12.0 Å². The number of likely N-dealkylation sites (N-methyl/N-ethyl adjacent to an activating group) is 1. The van der Waals surface area contributed by atoms with Crippen molar-refractivity contribution in [3.05, 3.63) is 41.3 Å². The maximum atomic E-state index is 12.5. The van der Waals surface area contributed by atoms with Crippen LogP contribution in [-0.2, 0) is 16.0 Å². The monoisotopic (exact) mass is 345 g/mol. The summed E-state index contributed by atoms with van der Waals surface area (Å²) in [6.07, 6.45) is 0.164. The Bertz CT molecular complexity index is 735. The molecule has 0 saturated carbocycles. The highest BCUT2D eigenvalue weighted by Crippen LogP contribution is 2.23. The Labute approximate surface area is 146 Å². The Hall–Kier alpha value is -2.83. The van der Waals surface area contributed by atoms with Crippen LogP contribution in [0, 0.1) is 13.8 Å². The van der Waals surface area contributed by atoms with Crippen LogP contribution in [0.5, 0.6) is 5.75 Å². The van der Waals surface area contributed by atoms with Gasteiger partial charge >= 0.3 is 0 Å². The van der Waals surface area contributed by atoms with Crippen LogP contribution < -0.4 is 10.1 Å². The van der Waals surface area contributed by atoms with Gasteiger partial charge < -0.3 is 19.5 Å². The molecule has 0 aliphatic carbocycles. The predicted octanol–water partition coefficient (Wildman–Crippen LogP) is 2.33. The van der Waals surface area contributed by atoms with Crippen molar-refractivity contribution in [1.29, 1.82) is 0 Å². The van der Waals surface area contributed by atoms with Gasteiger partial charge in [0.2, 0.25) is 11.8 Å². The number of ether oxygens (including phenoxy) is 1. The van der Waals surface area contributed by atoms with E-state index in [0.717, 1.165) is 5.56 Å². The molecule has 0 saturated heterocycles. The molecular formula is C18H23N3O4. The smallest absolute Gasteiger partial charge is 0.244 e. The Morgan fingerprint density at radius 3 is 2.60 bits per heavy atom. The van der Waals surface area contributed by atoms with Crippen molar-refractivity contribution in [2.75, 3.05) is 25.5 Å². The molecule has 0 atom stereocenters. The average molecular weight is 345 g/mol. The van der Waals surface area contributed by atoms with Crippen LogP contribution in [0.2, 0.25) is 0 Å². The van der Waals surface area contributed by atoms with Gasteiger partial charge in [-0.2, -0.15) is 0 Å². The number of hydrogen-bond acceptors (Lipinski definition) is 5. The first-order chi connectivity index (χ1) is 12.0. The van der Waals surface area contributed by atoms with E-state index in [2.05, 4.69) is 10.5 Å². The van der Waals surface area contributed by atoms with Crippen molar-refractivity contribution in [3.63, 3.8) is 0 Å². The first-order valence-electron chi connectivity index (χ1n) is 8.08. The standard InChI is InChI=1S/C18H23N3O4/c1-5-21(18(23)10-14-12(2)20-25-13(14)3)11-17(22)19-15-8-6-7-9-16(15)24-4/h6-9H,5,10-11H2,1-4H3,(H,19,22). The van der Waals surface area contributed by atoms with Crippen LogP contribution in [0.3, 0.4) is 0 Å². The average Bonchev–Trinajstić information content (AvgIpc) is 2.92. The zero-order chi connectivity index (χ0) is 18.4. The van der Waals surface area contributed by atoms with E-state index in [0.29, 0.717) is 29.4 Å². The Morgan fingerprint density at radius 1 is 1.28 bits per heavy atom. The van der Waals surface area contributed by atoms with E-state index in [1.807, 2.05) is 13.0 Å². The van der Waals surface area contributed by atoms with Crippen molar-refractivity contribution in [2.45, 2.75) is 27.2 Å². The number of carbonyl (C=O) groups is 2. The first kappa shape index (κ1) is 18.5. The second kappa shape index (κ2) is 8.32. The van der Waals surface area contributed by atoms with Gasteiger partial charge in [-0.25, -0.2) is 0 Å². The zero-order valence-corrected chi connectivity index (χ0v) is 15.0. The quantitative estimate of drug-likeness (QED) is 0.832. The third-order valence-electron chi connectivity index (χ3n) is 3.96. The minimum atomic E-state index is -0.279. The van der Waals surface area contributed by atoms with Crippen LogP contribution in [-0.4, -0.2) is 42.1 Å². The second-order valence-corrected chi connectivity index (χ2v) is 5.64. The van der Waals surface area contributed by atoms with Crippen molar-refractivity contribution in [3.8, 4) is 5.75 Å². The van der Waals surface area contributed by atoms with Crippen LogP contribution >= 0.6 is 0 Å². The molecule has 7 heteroatoms. The van der Waals surface area contributed by atoms with Gasteiger partial charge in [-0.15, -0.1) is 0 Å². The fraction of sp³-hybridized carbons (Fsp3) is 0.389. The molecule has 134 valence electrons. The summed E-state index contributed by atoms with van der Waals surface area (Å²) in [5.41, 5.74) is 2.04. The highest BCUT2D eigenvalue weighted by Gasteiger charge is 2.20. The Balaban J connectivity index is 2.01. The van der Waals surface area contributed by atoms with E-state index >= 15 is 0 Å². The molecule has 0 spiro atoms. The molecule has 2 aromatic rings. The summed E-state index contributed by atoms with van der Waals surface area (Å²) < 4.78 is 10.3. The van der Waals surface area contributed by atoms with Crippen LogP contribution in [0.15, 0.2) is 28.8 Å². The lowest BCUT2D eigenvalue weighted by atomic mass is 10.1. The molecule has 25 heavy (non-hydrogen) atoms. The number of carbonyl (C=O) groups excluding carboxylic acids is 2. The summed E-state index contributed by atoms with van der Waals surface area (Å²) in [4.78, 5) is 26.3. The van der Waals surface area contributed by atoms with Gasteiger partial charge in [0.1, 0.15) is 11.5 Å². The fourth-order valence-electron chi connectivity index (χ4n) is 2.50. The van der Waals surface area contributed by atoms with Crippen molar-refractivity contribution in [1.82, 2.24) is 10.1 Å². The largest absolute Gasteiger partial charge is 0.495 e. The number of para-hydroxylation sites is 2. The molecule has 1 heterocycles. The summed E-state index contributed by atoms with van der Waals surface area (Å²) in [5, 5.41) is 6.63. The summed E-state index contributed by atoms with van der Waals surface area (Å²) in [5.74, 6) is 0.770. The van der Waals surface area contributed by atoms with Gasteiger partial charge in [-0.05, 0) is 32.9 Å². The minimum Gasteiger partial charge on any atom is -0.495 e. The van der Waals surface area contributed by atoms with E-state index < -0.39 is 0 Å². The van der Waals surface area contributed by atoms with Gasteiger partial charge in [0, 0.05) is 12.1 Å². The highest BCUT2D eigenvalue weighted by molar-refractivity contribution is 5.95. The van der Waals surface area contributed by atoms with E-state index in [4.69, 9.17) is 9.26 Å². The zero-order valence-electron chi connectivity index (χ0n) is 15.0. The van der Waals surface area contributed by atoms with Crippen LogP contribution in [0.4, 0.5) is 5.69 Å². The van der Waals surface area contributed by atoms with Crippen LogP contribution in [0.25, 0.3) is 0 Å². The summed E-state index contributed by atoms with van der Waals surface area (Å²) in [7, 11) is 1.54.